The van der Waals surface area contributed by atoms with Crippen LogP contribution in [0.4, 0.5) is 5.69 Å². The number of nitrogens with one attached hydrogen (secondary N) is 1. The number of sulfonamides is 1. The zero-order valence-electron chi connectivity index (χ0n) is 9.00. The average Bonchev–Trinajstić information content (AvgIpc) is 2.29. The number of nitro groups is 1. The minimum Gasteiger partial charge on any atom is -0.258 e. The second-order valence-electron chi connectivity index (χ2n) is 2.98. The first kappa shape index (κ1) is 13.2. The van der Waals surface area contributed by atoms with Gasteiger partial charge in [-0.15, -0.1) is 5.92 Å². The maximum absolute atomic E-state index is 11.7. The van der Waals surface area contributed by atoms with E-state index in [0.29, 0.717) is 0 Å². The first-order valence-corrected chi connectivity index (χ1v) is 6.10. The predicted octanol–water partition coefficient (Wildman–Crippen LogP) is 0.896. The Morgan fingerprint density at radius 1 is 1.41 bits per heavy atom. The number of para-hydroxylation sites is 1. The van der Waals surface area contributed by atoms with Crippen LogP contribution in [0.2, 0.25) is 0 Å². The van der Waals surface area contributed by atoms with Gasteiger partial charge in [0.25, 0.3) is 5.69 Å². The summed E-state index contributed by atoms with van der Waals surface area (Å²) in [6.07, 6.45) is 0. The van der Waals surface area contributed by atoms with Gasteiger partial charge in [-0.1, -0.05) is 18.1 Å². The number of rotatable bonds is 4. The minimum absolute atomic E-state index is 0.0785. The summed E-state index contributed by atoms with van der Waals surface area (Å²) in [5, 5.41) is 10.7. The standard InChI is InChI=1S/C10H10N2O4S/c1-2-3-8-11-17(15,16)10-7-5-4-6-9(10)12(13)14/h4-7,11H,8H2,1H3. The second kappa shape index (κ2) is 5.43. The van der Waals surface area contributed by atoms with Crippen molar-refractivity contribution >= 4 is 15.7 Å². The molecule has 0 saturated heterocycles. The molecule has 0 radical (unpaired) electrons. The molecule has 0 fully saturated rings. The fraction of sp³-hybridized carbons (Fsp3) is 0.200. The van der Waals surface area contributed by atoms with E-state index in [4.69, 9.17) is 0 Å². The first-order chi connectivity index (χ1) is 7.99. The summed E-state index contributed by atoms with van der Waals surface area (Å²) in [6.45, 7) is 1.49. The lowest BCUT2D eigenvalue weighted by Crippen LogP contribution is -2.24. The monoisotopic (exact) mass is 254 g/mol. The van der Waals surface area contributed by atoms with E-state index in [1.807, 2.05) is 0 Å². The number of hydrogen-bond acceptors (Lipinski definition) is 4. The normalized spacial score (nSPS) is 10.4. The van der Waals surface area contributed by atoms with E-state index in [1.165, 1.54) is 18.2 Å². The van der Waals surface area contributed by atoms with Gasteiger partial charge >= 0.3 is 0 Å². The van der Waals surface area contributed by atoms with E-state index in [2.05, 4.69) is 16.6 Å². The Kier molecular flexibility index (Phi) is 4.20. The molecule has 0 bridgehead atoms. The third kappa shape index (κ3) is 3.27. The molecule has 1 N–H and O–H groups in total. The van der Waals surface area contributed by atoms with Gasteiger partial charge in [0.05, 0.1) is 11.5 Å². The SMILES string of the molecule is CC#CCNS(=O)(=O)c1ccccc1[N+](=O)[O-]. The zero-order chi connectivity index (χ0) is 12.9. The molecule has 0 unspecified atom stereocenters. The van der Waals surface area contributed by atoms with Gasteiger partial charge in [0.2, 0.25) is 10.0 Å². The van der Waals surface area contributed by atoms with Crippen LogP contribution in [0.15, 0.2) is 29.2 Å². The van der Waals surface area contributed by atoms with Crippen LogP contribution in [0.3, 0.4) is 0 Å². The van der Waals surface area contributed by atoms with Crippen molar-refractivity contribution in [1.29, 1.82) is 0 Å². The van der Waals surface area contributed by atoms with Crippen molar-refractivity contribution < 1.29 is 13.3 Å². The fourth-order valence-corrected chi connectivity index (χ4v) is 2.23. The van der Waals surface area contributed by atoms with Gasteiger partial charge in [-0.3, -0.25) is 10.1 Å². The van der Waals surface area contributed by atoms with Gasteiger partial charge < -0.3 is 0 Å². The lowest BCUT2D eigenvalue weighted by Gasteiger charge is -2.04. The molecule has 0 saturated carbocycles. The summed E-state index contributed by atoms with van der Waals surface area (Å²) in [6, 6.07) is 5.15. The van der Waals surface area contributed by atoms with Crippen LogP contribution in [-0.4, -0.2) is 19.9 Å². The quantitative estimate of drug-likeness (QED) is 0.491. The van der Waals surface area contributed by atoms with E-state index >= 15 is 0 Å². The van der Waals surface area contributed by atoms with E-state index in [-0.39, 0.29) is 11.4 Å². The van der Waals surface area contributed by atoms with Gasteiger partial charge in [-0.2, -0.15) is 4.72 Å². The van der Waals surface area contributed by atoms with Crippen LogP contribution in [-0.2, 0) is 10.0 Å². The zero-order valence-corrected chi connectivity index (χ0v) is 9.82. The first-order valence-electron chi connectivity index (χ1n) is 4.61. The summed E-state index contributed by atoms with van der Waals surface area (Å²) in [4.78, 5) is 9.59. The molecule has 0 aromatic heterocycles. The van der Waals surface area contributed by atoms with Crippen molar-refractivity contribution in [3.63, 3.8) is 0 Å². The molecular formula is C10H10N2O4S. The Bertz CT molecular complexity index is 584. The van der Waals surface area contributed by atoms with Crippen molar-refractivity contribution in [2.75, 3.05) is 6.54 Å². The van der Waals surface area contributed by atoms with Crippen molar-refractivity contribution in [3.8, 4) is 11.8 Å². The fourth-order valence-electron chi connectivity index (χ4n) is 1.13. The molecule has 7 heteroatoms. The molecule has 0 aliphatic rings. The molecule has 0 spiro atoms. The van der Waals surface area contributed by atoms with Gasteiger partial charge in [-0.25, -0.2) is 8.42 Å². The molecule has 6 nitrogen and oxygen atoms in total. The lowest BCUT2D eigenvalue weighted by atomic mass is 10.3. The largest absolute Gasteiger partial charge is 0.289 e. The molecule has 0 amide bonds. The molecular weight excluding hydrogens is 244 g/mol. The van der Waals surface area contributed by atoms with Crippen LogP contribution < -0.4 is 4.72 Å². The van der Waals surface area contributed by atoms with Crippen molar-refractivity contribution in [2.24, 2.45) is 0 Å². The molecule has 0 heterocycles. The molecule has 90 valence electrons. The molecule has 0 aliphatic heterocycles. The topological polar surface area (TPSA) is 89.3 Å². The molecule has 0 atom stereocenters. The third-order valence-electron chi connectivity index (χ3n) is 1.88. The van der Waals surface area contributed by atoms with E-state index in [0.717, 1.165) is 6.07 Å². The molecule has 1 aromatic carbocycles. The average molecular weight is 254 g/mol. The summed E-state index contributed by atoms with van der Waals surface area (Å²) in [5.74, 6) is 5.03. The number of hydrogen-bond donors (Lipinski definition) is 1. The van der Waals surface area contributed by atoms with Gasteiger partial charge in [-0.05, 0) is 13.0 Å². The molecule has 17 heavy (non-hydrogen) atoms. The number of nitro benzene ring substituents is 1. The summed E-state index contributed by atoms with van der Waals surface area (Å²) in [5.41, 5.74) is -0.454. The Labute approximate surface area is 98.9 Å². The van der Waals surface area contributed by atoms with Gasteiger partial charge in [0, 0.05) is 6.07 Å². The summed E-state index contributed by atoms with van der Waals surface area (Å²) >= 11 is 0. The highest BCUT2D eigenvalue weighted by Crippen LogP contribution is 2.22. The highest BCUT2D eigenvalue weighted by molar-refractivity contribution is 7.89. The minimum atomic E-state index is -3.90. The van der Waals surface area contributed by atoms with E-state index < -0.39 is 20.6 Å². The van der Waals surface area contributed by atoms with E-state index in [9.17, 15) is 18.5 Å². The second-order valence-corrected chi connectivity index (χ2v) is 4.71. The van der Waals surface area contributed by atoms with Crippen LogP contribution in [0, 0.1) is 22.0 Å². The number of nitrogens with zero attached hydrogens (tertiary/aromatic N) is 1. The Hall–Kier alpha value is -1.91. The lowest BCUT2D eigenvalue weighted by molar-refractivity contribution is -0.387. The summed E-state index contributed by atoms with van der Waals surface area (Å²) < 4.78 is 25.7. The highest BCUT2D eigenvalue weighted by Gasteiger charge is 2.24. The Morgan fingerprint density at radius 2 is 2.06 bits per heavy atom. The third-order valence-corrected chi connectivity index (χ3v) is 3.33. The summed E-state index contributed by atoms with van der Waals surface area (Å²) in [7, 11) is -3.90. The van der Waals surface area contributed by atoms with Crippen molar-refractivity contribution in [3.05, 3.63) is 34.4 Å². The Morgan fingerprint density at radius 3 is 2.65 bits per heavy atom. The van der Waals surface area contributed by atoms with Crippen LogP contribution in [0.1, 0.15) is 6.92 Å². The molecule has 1 aromatic rings. The highest BCUT2D eigenvalue weighted by atomic mass is 32.2. The van der Waals surface area contributed by atoms with Crippen molar-refractivity contribution in [2.45, 2.75) is 11.8 Å². The van der Waals surface area contributed by atoms with Gasteiger partial charge in [0.1, 0.15) is 0 Å². The van der Waals surface area contributed by atoms with Gasteiger partial charge in [0.15, 0.2) is 4.90 Å². The maximum Gasteiger partial charge on any atom is 0.289 e. The maximum atomic E-state index is 11.7. The predicted molar refractivity (Wildman–Crippen MR) is 61.7 cm³/mol. The van der Waals surface area contributed by atoms with E-state index in [1.54, 1.807) is 6.92 Å². The van der Waals surface area contributed by atoms with Crippen LogP contribution in [0.25, 0.3) is 0 Å². The van der Waals surface area contributed by atoms with Crippen LogP contribution >= 0.6 is 0 Å². The molecule has 0 aliphatic carbocycles. The van der Waals surface area contributed by atoms with Crippen LogP contribution in [0.5, 0.6) is 0 Å². The smallest absolute Gasteiger partial charge is 0.258 e. The van der Waals surface area contributed by atoms with Crippen molar-refractivity contribution in [1.82, 2.24) is 4.72 Å². The number of benzene rings is 1. The Balaban J connectivity index is 3.13. The molecule has 1 rings (SSSR count).